The fourth-order valence-electron chi connectivity index (χ4n) is 3.31. The molecule has 2 N–H and O–H groups in total. The number of furan rings is 1. The van der Waals surface area contributed by atoms with Crippen molar-refractivity contribution in [2.45, 2.75) is 19.3 Å². The van der Waals surface area contributed by atoms with Gasteiger partial charge < -0.3 is 14.9 Å². The van der Waals surface area contributed by atoms with Gasteiger partial charge in [-0.2, -0.15) is 0 Å². The quantitative estimate of drug-likeness (QED) is 0.737. The van der Waals surface area contributed by atoms with Gasteiger partial charge in [0.05, 0.1) is 12.8 Å². The van der Waals surface area contributed by atoms with Gasteiger partial charge in [-0.15, -0.1) is 0 Å². The number of ketones is 2. The highest BCUT2D eigenvalue weighted by atomic mass is 16.5. The summed E-state index contributed by atoms with van der Waals surface area (Å²) in [6.45, 7) is 0. The molecule has 5 heteroatoms. The van der Waals surface area contributed by atoms with Crippen LogP contribution in [0.4, 0.5) is 5.69 Å². The van der Waals surface area contributed by atoms with Gasteiger partial charge in [-0.1, -0.05) is 12.1 Å². The second-order valence-corrected chi connectivity index (χ2v) is 6.19. The normalized spacial score (nSPS) is 13.7. The molecule has 4 rings (SSSR count). The topological polar surface area (TPSA) is 82.5 Å². The van der Waals surface area contributed by atoms with Gasteiger partial charge in [0.25, 0.3) is 0 Å². The highest BCUT2D eigenvalue weighted by Crippen LogP contribution is 2.34. The van der Waals surface area contributed by atoms with E-state index in [1.807, 2.05) is 6.07 Å². The number of carbonyl (C=O) groups excluding carboxylic acids is 2. The Labute approximate surface area is 144 Å². The molecule has 0 amide bonds. The molecule has 2 aromatic carbocycles. The van der Waals surface area contributed by atoms with Crippen molar-refractivity contribution in [3.05, 3.63) is 58.8 Å². The number of benzene rings is 2. The van der Waals surface area contributed by atoms with Crippen molar-refractivity contribution in [3.8, 4) is 5.75 Å². The highest BCUT2D eigenvalue weighted by Gasteiger charge is 2.24. The van der Waals surface area contributed by atoms with Crippen LogP contribution in [-0.2, 0) is 6.42 Å². The minimum Gasteiger partial charge on any atom is -0.497 e. The van der Waals surface area contributed by atoms with E-state index in [2.05, 4.69) is 0 Å². The van der Waals surface area contributed by atoms with Crippen LogP contribution < -0.4 is 10.5 Å². The first-order chi connectivity index (χ1) is 12.1. The first-order valence-corrected chi connectivity index (χ1v) is 8.15. The number of methoxy groups -OCH3 is 1. The number of anilines is 1. The van der Waals surface area contributed by atoms with Gasteiger partial charge in [0, 0.05) is 22.9 Å². The Bertz CT molecular complexity index is 1020. The lowest BCUT2D eigenvalue weighted by Crippen LogP contribution is -2.10. The van der Waals surface area contributed by atoms with Crippen molar-refractivity contribution in [1.82, 2.24) is 0 Å². The maximum atomic E-state index is 12.8. The average molecular weight is 335 g/mol. The molecule has 3 aromatic rings. The fraction of sp³-hybridized carbons (Fsp3) is 0.200. The molecule has 0 atom stereocenters. The summed E-state index contributed by atoms with van der Waals surface area (Å²) in [7, 11) is 1.54. The largest absolute Gasteiger partial charge is 0.497 e. The Morgan fingerprint density at radius 1 is 1.20 bits per heavy atom. The summed E-state index contributed by atoms with van der Waals surface area (Å²) < 4.78 is 10.9. The van der Waals surface area contributed by atoms with E-state index in [4.69, 9.17) is 14.9 Å². The predicted molar refractivity (Wildman–Crippen MR) is 94.3 cm³/mol. The third kappa shape index (κ3) is 2.48. The zero-order chi connectivity index (χ0) is 17.6. The maximum absolute atomic E-state index is 12.8. The number of hydrogen-bond acceptors (Lipinski definition) is 5. The predicted octanol–water partition coefficient (Wildman–Crippen LogP) is 3.77. The molecule has 0 spiro atoms. The number of rotatable bonds is 3. The van der Waals surface area contributed by atoms with Gasteiger partial charge in [-0.05, 0) is 42.7 Å². The SMILES string of the molecule is COc1cccc(C(=O)c2oc3cc4c(cc3c2N)C(=O)CCC4)c1. The van der Waals surface area contributed by atoms with Crippen molar-refractivity contribution in [2.75, 3.05) is 12.8 Å². The molecule has 0 saturated heterocycles. The first kappa shape index (κ1) is 15.4. The van der Waals surface area contributed by atoms with E-state index in [1.165, 1.54) is 0 Å². The number of aryl methyl sites for hydroxylation is 1. The number of nitrogen functional groups attached to an aromatic ring is 1. The summed E-state index contributed by atoms with van der Waals surface area (Å²) in [5.74, 6) is 0.487. The summed E-state index contributed by atoms with van der Waals surface area (Å²) in [6, 6.07) is 10.4. The van der Waals surface area contributed by atoms with Crippen LogP contribution in [0.3, 0.4) is 0 Å². The van der Waals surface area contributed by atoms with Crippen molar-refractivity contribution in [1.29, 1.82) is 0 Å². The van der Waals surface area contributed by atoms with E-state index in [1.54, 1.807) is 37.4 Å². The van der Waals surface area contributed by atoms with Gasteiger partial charge >= 0.3 is 0 Å². The first-order valence-electron chi connectivity index (χ1n) is 8.15. The zero-order valence-corrected chi connectivity index (χ0v) is 13.8. The van der Waals surface area contributed by atoms with Crippen LogP contribution in [0.15, 0.2) is 40.8 Å². The van der Waals surface area contributed by atoms with Gasteiger partial charge in [0.2, 0.25) is 5.78 Å². The second-order valence-electron chi connectivity index (χ2n) is 6.19. The van der Waals surface area contributed by atoms with Crippen molar-refractivity contribution in [3.63, 3.8) is 0 Å². The number of nitrogens with two attached hydrogens (primary N) is 1. The minimum absolute atomic E-state index is 0.0954. The Kier molecular flexibility index (Phi) is 3.57. The Morgan fingerprint density at radius 3 is 2.84 bits per heavy atom. The molecule has 1 aromatic heterocycles. The van der Waals surface area contributed by atoms with E-state index < -0.39 is 0 Å². The molecule has 1 aliphatic rings. The Hall–Kier alpha value is -3.08. The molecule has 0 radical (unpaired) electrons. The summed E-state index contributed by atoms with van der Waals surface area (Å²) in [6.07, 6.45) is 2.21. The van der Waals surface area contributed by atoms with Gasteiger partial charge in [0.15, 0.2) is 11.5 Å². The summed E-state index contributed by atoms with van der Waals surface area (Å²) in [5, 5.41) is 0.611. The van der Waals surface area contributed by atoms with Crippen molar-refractivity contribution < 1.29 is 18.7 Å². The molecule has 0 saturated carbocycles. The van der Waals surface area contributed by atoms with E-state index in [0.29, 0.717) is 34.3 Å². The fourth-order valence-corrected chi connectivity index (χ4v) is 3.31. The molecule has 1 heterocycles. The molecule has 1 aliphatic carbocycles. The third-order valence-corrected chi connectivity index (χ3v) is 4.64. The van der Waals surface area contributed by atoms with E-state index in [9.17, 15) is 9.59 Å². The molecular formula is C20H17NO4. The Morgan fingerprint density at radius 2 is 2.04 bits per heavy atom. The highest BCUT2D eigenvalue weighted by molar-refractivity contribution is 6.15. The second kappa shape index (κ2) is 5.77. The summed E-state index contributed by atoms with van der Waals surface area (Å²) in [4.78, 5) is 24.9. The van der Waals surface area contributed by atoms with Crippen LogP contribution in [0, 0.1) is 0 Å². The lowest BCUT2D eigenvalue weighted by Gasteiger charge is -2.13. The molecule has 0 bridgehead atoms. The third-order valence-electron chi connectivity index (χ3n) is 4.64. The number of carbonyl (C=O) groups is 2. The number of Topliss-reactive ketones (excluding diaryl/α,β-unsaturated/α-hetero) is 1. The lowest BCUT2D eigenvalue weighted by molar-refractivity contribution is 0.0971. The molecule has 5 nitrogen and oxygen atoms in total. The zero-order valence-electron chi connectivity index (χ0n) is 13.8. The molecule has 126 valence electrons. The smallest absolute Gasteiger partial charge is 0.230 e. The number of hydrogen-bond donors (Lipinski definition) is 1. The molecule has 0 aliphatic heterocycles. The number of fused-ring (bicyclic) bond motifs is 2. The average Bonchev–Trinajstić information content (AvgIpc) is 2.96. The molecule has 0 unspecified atom stereocenters. The Balaban J connectivity index is 1.83. The summed E-state index contributed by atoms with van der Waals surface area (Å²) in [5.41, 5.74) is 9.06. The van der Waals surface area contributed by atoms with E-state index in [-0.39, 0.29) is 23.0 Å². The van der Waals surface area contributed by atoms with Crippen LogP contribution in [0.5, 0.6) is 5.75 Å². The molecule has 0 fully saturated rings. The molecule has 25 heavy (non-hydrogen) atoms. The minimum atomic E-state index is -0.308. The lowest BCUT2D eigenvalue weighted by atomic mass is 9.89. The van der Waals surface area contributed by atoms with Crippen LogP contribution in [-0.4, -0.2) is 18.7 Å². The van der Waals surface area contributed by atoms with Gasteiger partial charge in [0.1, 0.15) is 11.3 Å². The van der Waals surface area contributed by atoms with Crippen LogP contribution >= 0.6 is 0 Å². The number of ether oxygens (including phenoxy) is 1. The van der Waals surface area contributed by atoms with E-state index >= 15 is 0 Å². The monoisotopic (exact) mass is 335 g/mol. The maximum Gasteiger partial charge on any atom is 0.230 e. The van der Waals surface area contributed by atoms with Crippen LogP contribution in [0.1, 0.15) is 44.9 Å². The standard InChI is InChI=1S/C20H17NO4/c1-24-13-6-2-5-12(8-13)19(23)20-18(21)15-10-14-11(9-17(15)25-20)4-3-7-16(14)22/h2,5-6,8-10H,3-4,7,21H2,1H3. The van der Waals surface area contributed by atoms with Crippen molar-refractivity contribution >= 4 is 28.2 Å². The molecular weight excluding hydrogens is 318 g/mol. The van der Waals surface area contributed by atoms with Crippen LogP contribution in [0.2, 0.25) is 0 Å². The van der Waals surface area contributed by atoms with E-state index in [0.717, 1.165) is 18.4 Å². The summed E-state index contributed by atoms with van der Waals surface area (Å²) >= 11 is 0. The van der Waals surface area contributed by atoms with Crippen molar-refractivity contribution in [2.24, 2.45) is 0 Å². The van der Waals surface area contributed by atoms with Crippen LogP contribution in [0.25, 0.3) is 11.0 Å². The van der Waals surface area contributed by atoms with Gasteiger partial charge in [-0.3, -0.25) is 9.59 Å². The van der Waals surface area contributed by atoms with Gasteiger partial charge in [-0.25, -0.2) is 0 Å².